The summed E-state index contributed by atoms with van der Waals surface area (Å²) in [4.78, 5) is 44.1. The summed E-state index contributed by atoms with van der Waals surface area (Å²) >= 11 is 1.29. The molecule has 4 rings (SSSR count). The number of carbonyl (C=O) groups is 2. The van der Waals surface area contributed by atoms with Crippen LogP contribution in [0.1, 0.15) is 39.3 Å². The van der Waals surface area contributed by atoms with Gasteiger partial charge in [-0.15, -0.1) is 11.3 Å². The number of hydrogen-bond acceptors (Lipinski definition) is 6. The second-order valence-corrected chi connectivity index (χ2v) is 8.84. The van der Waals surface area contributed by atoms with Gasteiger partial charge >= 0.3 is 5.56 Å². The van der Waals surface area contributed by atoms with Gasteiger partial charge in [0.25, 0.3) is 0 Å². The average Bonchev–Trinajstić information content (AvgIpc) is 3.19. The maximum absolute atomic E-state index is 13.0. The topological polar surface area (TPSA) is 77.7 Å². The number of thiazole rings is 1. The fraction of sp³-hybridized carbons (Fsp3) is 0.200. The SMILES string of the molecule is Cc1cn2c(=O)c(OCc3ccccc3)c(C(=O)CCC(=O)Cc3ccc(F)cc3)nc2s1. The third-order valence-electron chi connectivity index (χ3n) is 5.04. The maximum Gasteiger partial charge on any atom is 0.301 e. The zero-order valence-corrected chi connectivity index (χ0v) is 18.7. The summed E-state index contributed by atoms with van der Waals surface area (Å²) in [6.07, 6.45) is 1.64. The van der Waals surface area contributed by atoms with E-state index in [2.05, 4.69) is 4.98 Å². The van der Waals surface area contributed by atoms with Gasteiger partial charge in [-0.3, -0.25) is 18.8 Å². The van der Waals surface area contributed by atoms with E-state index in [-0.39, 0.29) is 48.9 Å². The predicted octanol–water partition coefficient (Wildman–Crippen LogP) is 4.56. The Bertz CT molecular complexity index is 1360. The largest absolute Gasteiger partial charge is 0.481 e. The average molecular weight is 465 g/mol. The first-order valence-corrected chi connectivity index (χ1v) is 11.2. The Balaban J connectivity index is 1.54. The standard InChI is InChI=1S/C25H21FN2O4S/c1-16-14-28-24(31)23(32-15-18-5-3-2-4-6-18)22(27-25(28)33-16)21(30)12-11-20(29)13-17-7-9-19(26)10-8-17/h2-10,14H,11-13,15H2,1H3. The first-order valence-electron chi connectivity index (χ1n) is 10.4. The highest BCUT2D eigenvalue weighted by Gasteiger charge is 2.22. The van der Waals surface area contributed by atoms with Crippen LogP contribution in [0.25, 0.3) is 4.96 Å². The van der Waals surface area contributed by atoms with Crippen molar-refractivity contribution in [3.05, 3.63) is 98.7 Å². The number of benzene rings is 2. The van der Waals surface area contributed by atoms with Crippen molar-refractivity contribution in [3.63, 3.8) is 0 Å². The first kappa shape index (κ1) is 22.5. The molecule has 6 nitrogen and oxygen atoms in total. The molecule has 0 radical (unpaired) electrons. The summed E-state index contributed by atoms with van der Waals surface area (Å²) < 4.78 is 20.2. The minimum absolute atomic E-state index is 0.0150. The van der Waals surface area contributed by atoms with Crippen LogP contribution in [0, 0.1) is 12.7 Å². The van der Waals surface area contributed by atoms with Crippen LogP contribution in [0.5, 0.6) is 5.75 Å². The number of halogens is 1. The van der Waals surface area contributed by atoms with Crippen LogP contribution in [0.2, 0.25) is 0 Å². The van der Waals surface area contributed by atoms with Crippen molar-refractivity contribution in [1.29, 1.82) is 0 Å². The zero-order valence-electron chi connectivity index (χ0n) is 17.9. The molecule has 33 heavy (non-hydrogen) atoms. The quantitative estimate of drug-likeness (QED) is 0.340. The van der Waals surface area contributed by atoms with Gasteiger partial charge in [0.15, 0.2) is 16.4 Å². The third-order valence-corrected chi connectivity index (χ3v) is 5.94. The minimum Gasteiger partial charge on any atom is -0.481 e. The molecule has 0 N–H and O–H groups in total. The van der Waals surface area contributed by atoms with E-state index in [1.165, 1.54) is 27.9 Å². The zero-order chi connectivity index (χ0) is 23.4. The van der Waals surface area contributed by atoms with Crippen molar-refractivity contribution in [2.24, 2.45) is 0 Å². The van der Waals surface area contributed by atoms with Crippen LogP contribution in [0.15, 0.2) is 65.6 Å². The van der Waals surface area contributed by atoms with Gasteiger partial charge in [-0.25, -0.2) is 9.37 Å². The third kappa shape index (κ3) is 5.40. The molecule has 8 heteroatoms. The smallest absolute Gasteiger partial charge is 0.301 e. The van der Waals surface area contributed by atoms with Crippen molar-refractivity contribution in [2.45, 2.75) is 32.8 Å². The van der Waals surface area contributed by atoms with Crippen LogP contribution in [0.4, 0.5) is 4.39 Å². The molecular weight excluding hydrogens is 443 g/mol. The molecule has 0 amide bonds. The molecule has 4 aromatic rings. The Kier molecular flexibility index (Phi) is 6.74. The lowest BCUT2D eigenvalue weighted by atomic mass is 10.0. The number of aromatic nitrogens is 2. The highest BCUT2D eigenvalue weighted by molar-refractivity contribution is 7.16. The van der Waals surface area contributed by atoms with Crippen molar-refractivity contribution < 1.29 is 18.7 Å². The van der Waals surface area contributed by atoms with E-state index in [0.29, 0.717) is 10.5 Å². The predicted molar refractivity (Wildman–Crippen MR) is 124 cm³/mol. The molecule has 2 aromatic carbocycles. The molecule has 2 aromatic heterocycles. The number of hydrogen-bond donors (Lipinski definition) is 0. The van der Waals surface area contributed by atoms with Crippen molar-refractivity contribution >= 4 is 27.9 Å². The molecule has 0 aliphatic heterocycles. The summed E-state index contributed by atoms with van der Waals surface area (Å²) in [5.41, 5.74) is 0.998. The number of carbonyl (C=O) groups excluding carboxylic acids is 2. The maximum atomic E-state index is 13.0. The van der Waals surface area contributed by atoms with E-state index >= 15 is 0 Å². The Labute approximate surface area is 193 Å². The van der Waals surface area contributed by atoms with Gasteiger partial charge in [0.1, 0.15) is 18.2 Å². The fourth-order valence-electron chi connectivity index (χ4n) is 3.37. The Morgan fingerprint density at radius 2 is 1.76 bits per heavy atom. The molecule has 168 valence electrons. The summed E-state index contributed by atoms with van der Waals surface area (Å²) in [7, 11) is 0. The molecule has 0 atom stereocenters. The monoisotopic (exact) mass is 464 g/mol. The summed E-state index contributed by atoms with van der Waals surface area (Å²) in [6, 6.07) is 15.0. The molecule has 0 aliphatic carbocycles. The molecule has 0 bridgehead atoms. The Morgan fingerprint density at radius 1 is 1.03 bits per heavy atom. The van der Waals surface area contributed by atoms with Crippen LogP contribution >= 0.6 is 11.3 Å². The highest BCUT2D eigenvalue weighted by atomic mass is 32.1. The highest BCUT2D eigenvalue weighted by Crippen LogP contribution is 2.21. The summed E-state index contributed by atoms with van der Waals surface area (Å²) in [5.74, 6) is -1.09. The molecule has 0 saturated heterocycles. The number of aryl methyl sites for hydroxylation is 1. The lowest BCUT2D eigenvalue weighted by molar-refractivity contribution is -0.118. The minimum atomic E-state index is -0.457. The normalized spacial score (nSPS) is 11.0. The number of ether oxygens (including phenoxy) is 1. The lowest BCUT2D eigenvalue weighted by Gasteiger charge is -2.10. The van der Waals surface area contributed by atoms with Gasteiger partial charge in [0.2, 0.25) is 5.75 Å². The molecule has 0 fully saturated rings. The fourth-order valence-corrected chi connectivity index (χ4v) is 4.19. The molecule has 0 unspecified atom stereocenters. The van der Waals surface area contributed by atoms with Crippen LogP contribution in [-0.2, 0) is 17.8 Å². The second-order valence-electron chi connectivity index (χ2n) is 7.63. The Morgan fingerprint density at radius 3 is 2.48 bits per heavy atom. The number of Topliss-reactive ketones (excluding diaryl/α,β-unsaturated/α-hetero) is 2. The molecule has 2 heterocycles. The molecule has 0 spiro atoms. The van der Waals surface area contributed by atoms with Crippen LogP contribution < -0.4 is 10.3 Å². The number of rotatable bonds is 9. The lowest BCUT2D eigenvalue weighted by Crippen LogP contribution is -2.21. The molecule has 0 aliphatic rings. The van der Waals surface area contributed by atoms with E-state index in [1.54, 1.807) is 18.3 Å². The van der Waals surface area contributed by atoms with Gasteiger partial charge < -0.3 is 4.74 Å². The number of nitrogens with zero attached hydrogens (tertiary/aromatic N) is 2. The number of fused-ring (bicyclic) bond motifs is 1. The van der Waals surface area contributed by atoms with Crippen LogP contribution in [-0.4, -0.2) is 21.0 Å². The molecule has 0 saturated carbocycles. The summed E-state index contributed by atoms with van der Waals surface area (Å²) in [5, 5.41) is 0. The van der Waals surface area contributed by atoms with E-state index < -0.39 is 11.3 Å². The Hall–Kier alpha value is -3.65. The van der Waals surface area contributed by atoms with Gasteiger partial charge in [-0.1, -0.05) is 42.5 Å². The van der Waals surface area contributed by atoms with Crippen molar-refractivity contribution in [2.75, 3.05) is 0 Å². The van der Waals surface area contributed by atoms with Gasteiger partial charge in [-0.05, 0) is 30.2 Å². The van der Waals surface area contributed by atoms with Gasteiger partial charge in [0.05, 0.1) is 0 Å². The van der Waals surface area contributed by atoms with E-state index in [0.717, 1.165) is 10.4 Å². The first-order chi connectivity index (χ1) is 15.9. The van der Waals surface area contributed by atoms with Crippen molar-refractivity contribution in [3.8, 4) is 5.75 Å². The summed E-state index contributed by atoms with van der Waals surface area (Å²) in [6.45, 7) is 1.95. The van der Waals surface area contributed by atoms with Crippen molar-refractivity contribution in [1.82, 2.24) is 9.38 Å². The molecular formula is C25H21FN2O4S. The van der Waals surface area contributed by atoms with E-state index in [9.17, 15) is 18.8 Å². The van der Waals surface area contributed by atoms with Gasteiger partial charge in [0, 0.05) is 30.3 Å². The van der Waals surface area contributed by atoms with Gasteiger partial charge in [-0.2, -0.15) is 0 Å². The van der Waals surface area contributed by atoms with Crippen LogP contribution in [0.3, 0.4) is 0 Å². The number of ketones is 2. The van der Waals surface area contributed by atoms with E-state index in [4.69, 9.17) is 4.74 Å². The van der Waals surface area contributed by atoms with E-state index in [1.807, 2.05) is 37.3 Å². The second kappa shape index (κ2) is 9.87.